The highest BCUT2D eigenvalue weighted by Crippen LogP contribution is 2.41. The van der Waals surface area contributed by atoms with Crippen LogP contribution in [0.15, 0.2) is 48.9 Å². The fraction of sp³-hybridized carbons (Fsp3) is 0.308. The van der Waals surface area contributed by atoms with Crippen LogP contribution in [-0.2, 0) is 5.60 Å². The van der Waals surface area contributed by atoms with Gasteiger partial charge in [-0.1, -0.05) is 13.0 Å². The first-order chi connectivity index (χ1) is 17.5. The number of fused-ring (bicyclic) bond motifs is 3. The van der Waals surface area contributed by atoms with Crippen molar-refractivity contribution in [3.05, 3.63) is 77.5 Å². The Hall–Kier alpha value is -3.99. The maximum atomic E-state index is 15.1. The second-order valence-electron chi connectivity index (χ2n) is 9.57. The fourth-order valence-electron chi connectivity index (χ4n) is 4.60. The van der Waals surface area contributed by atoms with Crippen LogP contribution in [0.3, 0.4) is 0 Å². The Labute approximate surface area is 210 Å². The first kappa shape index (κ1) is 24.7. The molecule has 1 aliphatic carbocycles. The standard InChI is InChI=1S/C26H24F3N5O3/c1-13-7-19(32-23(35)14-5-4-6-16(8-14)37-25(28)29)21-22(13)34-12-17(18(27)9-20(34)33-21)15-10-30-24(31-11-15)26(2,3)36/h4-6,8-13,19,25,36H,7H2,1-3H3,(H,32,35)/t13-,19+/m0/s1. The first-order valence-corrected chi connectivity index (χ1v) is 11.6. The Balaban J connectivity index is 1.45. The zero-order valence-corrected chi connectivity index (χ0v) is 20.2. The zero-order valence-electron chi connectivity index (χ0n) is 20.2. The van der Waals surface area contributed by atoms with Gasteiger partial charge in [0.2, 0.25) is 0 Å². The van der Waals surface area contributed by atoms with Crippen LogP contribution in [-0.4, -0.2) is 37.0 Å². The summed E-state index contributed by atoms with van der Waals surface area (Å²) in [6.45, 7) is 2.12. The number of nitrogens with zero attached hydrogens (tertiary/aromatic N) is 4. The molecule has 0 aliphatic heterocycles. The minimum absolute atomic E-state index is 0.00377. The lowest BCUT2D eigenvalue weighted by Crippen LogP contribution is -2.27. The van der Waals surface area contributed by atoms with E-state index in [2.05, 4.69) is 25.0 Å². The monoisotopic (exact) mass is 511 g/mol. The van der Waals surface area contributed by atoms with Crippen LogP contribution in [0.2, 0.25) is 0 Å². The third kappa shape index (κ3) is 4.74. The molecule has 4 aromatic rings. The molecule has 0 bridgehead atoms. The number of pyridine rings is 1. The predicted octanol–water partition coefficient (Wildman–Crippen LogP) is 4.74. The van der Waals surface area contributed by atoms with Crippen LogP contribution in [0.25, 0.3) is 16.8 Å². The second-order valence-corrected chi connectivity index (χ2v) is 9.57. The molecule has 3 aromatic heterocycles. The van der Waals surface area contributed by atoms with Crippen LogP contribution < -0.4 is 10.1 Å². The van der Waals surface area contributed by atoms with E-state index in [0.717, 1.165) is 5.69 Å². The van der Waals surface area contributed by atoms with Crippen molar-refractivity contribution in [2.75, 3.05) is 0 Å². The number of aromatic nitrogens is 4. The van der Waals surface area contributed by atoms with Crippen molar-refractivity contribution in [3.63, 3.8) is 0 Å². The smallest absolute Gasteiger partial charge is 0.387 e. The number of ether oxygens (including phenoxy) is 1. The van der Waals surface area contributed by atoms with Crippen molar-refractivity contribution in [2.45, 2.75) is 51.4 Å². The molecule has 0 saturated carbocycles. The van der Waals surface area contributed by atoms with Gasteiger partial charge in [0.05, 0.1) is 17.4 Å². The van der Waals surface area contributed by atoms with Crippen molar-refractivity contribution in [3.8, 4) is 16.9 Å². The zero-order chi connectivity index (χ0) is 26.5. The highest BCUT2D eigenvalue weighted by Gasteiger charge is 2.35. The molecule has 1 aromatic carbocycles. The molecule has 8 nitrogen and oxygen atoms in total. The molecule has 1 amide bonds. The Morgan fingerprint density at radius 2 is 1.97 bits per heavy atom. The summed E-state index contributed by atoms with van der Waals surface area (Å²) in [5, 5.41) is 13.0. The summed E-state index contributed by atoms with van der Waals surface area (Å²) in [5.74, 6) is -0.869. The average Bonchev–Trinajstić information content (AvgIpc) is 3.34. The first-order valence-electron chi connectivity index (χ1n) is 11.6. The minimum Gasteiger partial charge on any atom is -0.435 e. The quantitative estimate of drug-likeness (QED) is 0.388. The predicted molar refractivity (Wildman–Crippen MR) is 128 cm³/mol. The number of carbonyl (C=O) groups is 1. The Morgan fingerprint density at radius 3 is 2.65 bits per heavy atom. The lowest BCUT2D eigenvalue weighted by molar-refractivity contribution is -0.0498. The van der Waals surface area contributed by atoms with E-state index in [-0.39, 0.29) is 28.6 Å². The maximum absolute atomic E-state index is 15.1. The van der Waals surface area contributed by atoms with Crippen molar-refractivity contribution >= 4 is 11.6 Å². The van der Waals surface area contributed by atoms with Gasteiger partial charge in [0.15, 0.2) is 5.82 Å². The highest BCUT2D eigenvalue weighted by molar-refractivity contribution is 5.95. The molecule has 11 heteroatoms. The number of nitrogens with one attached hydrogen (secondary N) is 1. The number of hydrogen-bond acceptors (Lipinski definition) is 6. The number of hydrogen-bond donors (Lipinski definition) is 2. The number of rotatable bonds is 6. The number of carbonyl (C=O) groups excluding carboxylic acids is 1. The topological polar surface area (TPSA) is 102 Å². The molecule has 3 heterocycles. The van der Waals surface area contributed by atoms with Gasteiger partial charge in [0.1, 0.15) is 22.8 Å². The molecule has 0 fully saturated rings. The Bertz CT molecular complexity index is 1480. The summed E-state index contributed by atoms with van der Waals surface area (Å²) in [6.07, 6.45) is 5.11. The SMILES string of the molecule is C[C@H]1C[C@@H](NC(=O)c2cccc(OC(F)F)c2)c2nc3cc(F)c(-c4cnc(C(C)(C)O)nc4)cn3c21. The molecule has 2 N–H and O–H groups in total. The van der Waals surface area contributed by atoms with Gasteiger partial charge < -0.3 is 19.6 Å². The normalized spacial score (nSPS) is 17.3. The molecule has 1 aliphatic rings. The number of alkyl halides is 2. The van der Waals surface area contributed by atoms with Gasteiger partial charge in [-0.2, -0.15) is 8.78 Å². The van der Waals surface area contributed by atoms with Gasteiger partial charge in [-0.3, -0.25) is 4.79 Å². The third-order valence-electron chi connectivity index (χ3n) is 6.30. The van der Waals surface area contributed by atoms with E-state index in [0.29, 0.717) is 23.3 Å². The lowest BCUT2D eigenvalue weighted by atomic mass is 10.1. The number of aliphatic hydroxyl groups is 1. The van der Waals surface area contributed by atoms with Crippen molar-refractivity contribution < 1.29 is 27.8 Å². The molecule has 0 spiro atoms. The highest BCUT2D eigenvalue weighted by atomic mass is 19.3. The molecule has 5 rings (SSSR count). The van der Waals surface area contributed by atoms with Crippen molar-refractivity contribution in [1.29, 1.82) is 0 Å². The minimum atomic E-state index is -2.99. The molecule has 2 atom stereocenters. The van der Waals surface area contributed by atoms with E-state index in [1.54, 1.807) is 24.4 Å². The molecular weight excluding hydrogens is 487 g/mol. The Morgan fingerprint density at radius 1 is 1.24 bits per heavy atom. The largest absolute Gasteiger partial charge is 0.435 e. The third-order valence-corrected chi connectivity index (χ3v) is 6.30. The van der Waals surface area contributed by atoms with E-state index >= 15 is 4.39 Å². The van der Waals surface area contributed by atoms with E-state index in [1.165, 1.54) is 42.7 Å². The summed E-state index contributed by atoms with van der Waals surface area (Å²) in [6, 6.07) is 6.42. The number of halogens is 3. The summed E-state index contributed by atoms with van der Waals surface area (Å²) in [7, 11) is 0. The summed E-state index contributed by atoms with van der Waals surface area (Å²) >= 11 is 0. The lowest BCUT2D eigenvalue weighted by Gasteiger charge is -2.15. The molecule has 0 unspecified atom stereocenters. The van der Waals surface area contributed by atoms with Gasteiger partial charge in [0.25, 0.3) is 5.91 Å². The molecule has 192 valence electrons. The molecule has 0 radical (unpaired) electrons. The van der Waals surface area contributed by atoms with Gasteiger partial charge in [-0.25, -0.2) is 19.3 Å². The molecule has 0 saturated heterocycles. The van der Waals surface area contributed by atoms with Crippen molar-refractivity contribution in [1.82, 2.24) is 24.7 Å². The van der Waals surface area contributed by atoms with E-state index in [4.69, 9.17) is 0 Å². The maximum Gasteiger partial charge on any atom is 0.387 e. The summed E-state index contributed by atoms with van der Waals surface area (Å²) in [5.41, 5.74) is 1.50. The van der Waals surface area contributed by atoms with E-state index < -0.39 is 30.0 Å². The van der Waals surface area contributed by atoms with Crippen LogP contribution >= 0.6 is 0 Å². The number of imidazole rings is 1. The summed E-state index contributed by atoms with van der Waals surface area (Å²) in [4.78, 5) is 25.8. The average molecular weight is 512 g/mol. The second kappa shape index (κ2) is 9.15. The summed E-state index contributed by atoms with van der Waals surface area (Å²) < 4.78 is 46.3. The van der Waals surface area contributed by atoms with Crippen LogP contribution in [0.4, 0.5) is 13.2 Å². The van der Waals surface area contributed by atoms with Crippen molar-refractivity contribution in [2.24, 2.45) is 0 Å². The molecule has 37 heavy (non-hydrogen) atoms. The number of amides is 1. The van der Waals surface area contributed by atoms with Gasteiger partial charge in [-0.15, -0.1) is 0 Å². The van der Waals surface area contributed by atoms with E-state index in [1.807, 2.05) is 6.92 Å². The van der Waals surface area contributed by atoms with Crippen LogP contribution in [0, 0.1) is 5.82 Å². The van der Waals surface area contributed by atoms with Gasteiger partial charge in [0, 0.05) is 47.3 Å². The Kier molecular flexibility index (Phi) is 6.10. The fourth-order valence-corrected chi connectivity index (χ4v) is 4.60. The van der Waals surface area contributed by atoms with E-state index in [9.17, 15) is 18.7 Å². The van der Waals surface area contributed by atoms with Gasteiger partial charge in [-0.05, 0) is 38.5 Å². The van der Waals surface area contributed by atoms with Crippen LogP contribution in [0.5, 0.6) is 5.75 Å². The molecular formula is C26H24F3N5O3. The van der Waals surface area contributed by atoms with Crippen LogP contribution in [0.1, 0.15) is 66.7 Å². The number of benzene rings is 1. The van der Waals surface area contributed by atoms with Gasteiger partial charge >= 0.3 is 6.61 Å².